The molecule has 0 atom stereocenters. The van der Waals surface area contributed by atoms with E-state index in [1.54, 1.807) is 24.5 Å². The van der Waals surface area contributed by atoms with E-state index in [1.807, 2.05) is 19.1 Å². The van der Waals surface area contributed by atoms with Gasteiger partial charge in [0.15, 0.2) is 0 Å². The summed E-state index contributed by atoms with van der Waals surface area (Å²) in [6, 6.07) is 11.4. The molecule has 0 aliphatic carbocycles. The summed E-state index contributed by atoms with van der Waals surface area (Å²) in [6.07, 6.45) is 0. The number of phenols is 1. The first-order valence-electron chi connectivity index (χ1n) is 5.92. The van der Waals surface area contributed by atoms with Gasteiger partial charge in [-0.05, 0) is 36.8 Å². The molecule has 1 N–H and O–H groups in total. The van der Waals surface area contributed by atoms with Crippen LogP contribution in [0, 0.1) is 6.92 Å². The van der Waals surface area contributed by atoms with Crippen LogP contribution < -0.4 is 4.74 Å². The lowest BCUT2D eigenvalue weighted by atomic mass is 10.2. The van der Waals surface area contributed by atoms with Crippen molar-refractivity contribution < 1.29 is 9.84 Å². The number of thiazole rings is 1. The molecule has 0 amide bonds. The van der Waals surface area contributed by atoms with Gasteiger partial charge in [-0.25, -0.2) is 4.98 Å². The highest BCUT2D eigenvalue weighted by Gasteiger charge is 2.11. The topological polar surface area (TPSA) is 42.4 Å². The fourth-order valence-electron chi connectivity index (χ4n) is 1.97. The lowest BCUT2D eigenvalue weighted by Gasteiger charge is -2.03. The lowest BCUT2D eigenvalue weighted by Crippen LogP contribution is -1.83. The number of hydrogen-bond acceptors (Lipinski definition) is 4. The number of fused-ring (bicyclic) bond motifs is 1. The third-order valence-electron chi connectivity index (χ3n) is 2.98. The van der Waals surface area contributed by atoms with Crippen LogP contribution in [0.25, 0.3) is 20.8 Å². The Morgan fingerprint density at radius 1 is 1.16 bits per heavy atom. The van der Waals surface area contributed by atoms with Crippen LogP contribution in [-0.4, -0.2) is 17.2 Å². The second-order valence-corrected chi connectivity index (χ2v) is 5.40. The first-order valence-corrected chi connectivity index (χ1v) is 6.73. The first-order chi connectivity index (χ1) is 9.17. The number of aryl methyl sites for hydroxylation is 1. The predicted octanol–water partition coefficient (Wildman–Crippen LogP) is 3.99. The van der Waals surface area contributed by atoms with Gasteiger partial charge >= 0.3 is 0 Å². The Hall–Kier alpha value is -2.07. The molecule has 0 aliphatic heterocycles. The normalized spacial score (nSPS) is 10.8. The SMILES string of the molecule is COc1ccc(-c2nc3cc(C)ccc3s2)c(O)c1. The van der Waals surface area contributed by atoms with Gasteiger partial charge in [0.1, 0.15) is 16.5 Å². The maximum absolute atomic E-state index is 10.0. The zero-order valence-electron chi connectivity index (χ0n) is 10.7. The Bertz CT molecular complexity index is 749. The Balaban J connectivity index is 2.13. The molecule has 0 saturated heterocycles. The maximum atomic E-state index is 10.0. The van der Waals surface area contributed by atoms with E-state index < -0.39 is 0 Å². The number of ether oxygens (including phenoxy) is 1. The second kappa shape index (κ2) is 4.55. The van der Waals surface area contributed by atoms with Gasteiger partial charge in [-0.1, -0.05) is 6.07 Å². The summed E-state index contributed by atoms with van der Waals surface area (Å²) in [5, 5.41) is 10.9. The number of phenolic OH excluding ortho intramolecular Hbond substituents is 1. The van der Waals surface area contributed by atoms with Crippen molar-refractivity contribution in [3.63, 3.8) is 0 Å². The molecule has 2 aromatic carbocycles. The molecule has 3 rings (SSSR count). The molecule has 0 aliphatic rings. The molecule has 0 spiro atoms. The van der Waals surface area contributed by atoms with Crippen molar-refractivity contribution in [2.24, 2.45) is 0 Å². The predicted molar refractivity (Wildman–Crippen MR) is 78.0 cm³/mol. The molecule has 19 heavy (non-hydrogen) atoms. The van der Waals surface area contributed by atoms with Gasteiger partial charge < -0.3 is 9.84 Å². The number of benzene rings is 2. The average Bonchev–Trinajstić information content (AvgIpc) is 2.81. The molecular formula is C15H13NO2S. The smallest absolute Gasteiger partial charge is 0.129 e. The quantitative estimate of drug-likeness (QED) is 0.766. The van der Waals surface area contributed by atoms with Gasteiger partial charge in [0.25, 0.3) is 0 Å². The van der Waals surface area contributed by atoms with E-state index in [0.717, 1.165) is 20.8 Å². The largest absolute Gasteiger partial charge is 0.507 e. The zero-order chi connectivity index (χ0) is 13.4. The van der Waals surface area contributed by atoms with E-state index in [4.69, 9.17) is 4.74 Å². The number of rotatable bonds is 2. The highest BCUT2D eigenvalue weighted by atomic mass is 32.1. The second-order valence-electron chi connectivity index (χ2n) is 4.37. The molecule has 0 saturated carbocycles. The average molecular weight is 271 g/mol. The van der Waals surface area contributed by atoms with Gasteiger partial charge in [0, 0.05) is 6.07 Å². The Morgan fingerprint density at radius 2 is 2.00 bits per heavy atom. The van der Waals surface area contributed by atoms with E-state index in [1.165, 1.54) is 5.56 Å². The Kier molecular flexibility index (Phi) is 2.87. The molecule has 0 bridgehead atoms. The first kappa shape index (κ1) is 12.0. The number of hydrogen-bond donors (Lipinski definition) is 1. The number of aromatic nitrogens is 1. The van der Waals surface area contributed by atoms with Crippen molar-refractivity contribution in [2.45, 2.75) is 6.92 Å². The molecule has 3 nitrogen and oxygen atoms in total. The van der Waals surface area contributed by atoms with Crippen LogP contribution >= 0.6 is 11.3 Å². The van der Waals surface area contributed by atoms with Crippen molar-refractivity contribution in [3.8, 4) is 22.1 Å². The number of nitrogens with zero attached hydrogens (tertiary/aromatic N) is 1. The minimum atomic E-state index is 0.190. The van der Waals surface area contributed by atoms with Gasteiger partial charge in [-0.2, -0.15) is 0 Å². The van der Waals surface area contributed by atoms with Crippen LogP contribution in [0.2, 0.25) is 0 Å². The molecule has 0 radical (unpaired) electrons. The van der Waals surface area contributed by atoms with E-state index in [0.29, 0.717) is 5.75 Å². The number of methoxy groups -OCH3 is 1. The minimum absolute atomic E-state index is 0.190. The summed E-state index contributed by atoms with van der Waals surface area (Å²) in [5.74, 6) is 0.827. The van der Waals surface area contributed by atoms with Crippen LogP contribution in [0.4, 0.5) is 0 Å². The summed E-state index contributed by atoms with van der Waals surface area (Å²) in [6.45, 7) is 2.04. The third-order valence-corrected chi connectivity index (χ3v) is 4.05. The molecule has 3 aromatic rings. The third kappa shape index (κ3) is 2.15. The van der Waals surface area contributed by atoms with E-state index in [-0.39, 0.29) is 5.75 Å². The van der Waals surface area contributed by atoms with Crippen LogP contribution in [0.1, 0.15) is 5.56 Å². The standard InChI is InChI=1S/C15H13NO2S/c1-9-3-6-14-12(7-9)16-15(19-14)11-5-4-10(18-2)8-13(11)17/h3-8,17H,1-2H3. The van der Waals surface area contributed by atoms with Crippen molar-refractivity contribution in [1.29, 1.82) is 0 Å². The zero-order valence-corrected chi connectivity index (χ0v) is 11.5. The van der Waals surface area contributed by atoms with Gasteiger partial charge in [0.05, 0.1) is 22.9 Å². The Labute approximate surface area is 115 Å². The van der Waals surface area contributed by atoms with Crippen LogP contribution in [0.15, 0.2) is 36.4 Å². The van der Waals surface area contributed by atoms with E-state index in [2.05, 4.69) is 23.2 Å². The molecular weight excluding hydrogens is 258 g/mol. The summed E-state index contributed by atoms with van der Waals surface area (Å²) < 4.78 is 6.20. The van der Waals surface area contributed by atoms with Crippen molar-refractivity contribution in [3.05, 3.63) is 42.0 Å². The summed E-state index contributed by atoms with van der Waals surface area (Å²) in [7, 11) is 1.58. The molecule has 4 heteroatoms. The van der Waals surface area contributed by atoms with Gasteiger partial charge in [0.2, 0.25) is 0 Å². The highest BCUT2D eigenvalue weighted by Crippen LogP contribution is 2.37. The van der Waals surface area contributed by atoms with Gasteiger partial charge in [-0.15, -0.1) is 11.3 Å². The summed E-state index contributed by atoms with van der Waals surface area (Å²) >= 11 is 1.57. The fraction of sp³-hybridized carbons (Fsp3) is 0.133. The van der Waals surface area contributed by atoms with Crippen molar-refractivity contribution in [2.75, 3.05) is 7.11 Å². The highest BCUT2D eigenvalue weighted by molar-refractivity contribution is 7.21. The minimum Gasteiger partial charge on any atom is -0.507 e. The Morgan fingerprint density at radius 3 is 2.74 bits per heavy atom. The van der Waals surface area contributed by atoms with Crippen LogP contribution in [0.3, 0.4) is 0 Å². The van der Waals surface area contributed by atoms with Gasteiger partial charge in [-0.3, -0.25) is 0 Å². The summed E-state index contributed by atoms with van der Waals surface area (Å²) in [4.78, 5) is 4.58. The lowest BCUT2D eigenvalue weighted by molar-refractivity contribution is 0.408. The monoisotopic (exact) mass is 271 g/mol. The number of aromatic hydroxyl groups is 1. The van der Waals surface area contributed by atoms with Crippen LogP contribution in [0.5, 0.6) is 11.5 Å². The van der Waals surface area contributed by atoms with Crippen molar-refractivity contribution in [1.82, 2.24) is 4.98 Å². The van der Waals surface area contributed by atoms with Crippen LogP contribution in [-0.2, 0) is 0 Å². The fourth-order valence-corrected chi connectivity index (χ4v) is 2.95. The van der Waals surface area contributed by atoms with E-state index in [9.17, 15) is 5.11 Å². The summed E-state index contributed by atoms with van der Waals surface area (Å²) in [5.41, 5.74) is 2.89. The maximum Gasteiger partial charge on any atom is 0.129 e. The molecule has 0 fully saturated rings. The molecule has 1 aromatic heterocycles. The molecule has 96 valence electrons. The molecule has 0 unspecified atom stereocenters. The van der Waals surface area contributed by atoms with E-state index >= 15 is 0 Å². The van der Waals surface area contributed by atoms with Crippen molar-refractivity contribution >= 4 is 21.6 Å². The molecule has 1 heterocycles.